The molecule has 0 aliphatic rings. The quantitative estimate of drug-likeness (QED) is 0.802. The smallest absolute Gasteiger partial charge is 0.105 e. The molecule has 2 aromatic heterocycles. The van der Waals surface area contributed by atoms with Gasteiger partial charge in [-0.3, -0.25) is 4.98 Å². The van der Waals surface area contributed by atoms with E-state index in [0.29, 0.717) is 11.6 Å². The molecule has 20 heavy (non-hydrogen) atoms. The predicted octanol–water partition coefficient (Wildman–Crippen LogP) is 2.44. The maximum absolute atomic E-state index is 5.91. The Morgan fingerprint density at radius 3 is 2.60 bits per heavy atom. The second-order valence-electron chi connectivity index (χ2n) is 4.22. The third-order valence-corrected chi connectivity index (χ3v) is 3.19. The van der Waals surface area contributed by atoms with E-state index in [1.54, 1.807) is 17.1 Å². The number of hydrogen-bond donors (Lipinski definition) is 1. The van der Waals surface area contributed by atoms with Crippen LogP contribution in [0.25, 0.3) is 16.9 Å². The van der Waals surface area contributed by atoms with Gasteiger partial charge in [0.05, 0.1) is 5.69 Å². The van der Waals surface area contributed by atoms with Crippen LogP contribution >= 0.6 is 11.6 Å². The minimum absolute atomic E-state index is 0.317. The molecule has 2 heterocycles. The Balaban J connectivity index is 2.17. The van der Waals surface area contributed by atoms with Crippen molar-refractivity contribution in [3.05, 3.63) is 59.5 Å². The number of halogens is 1. The standard InChI is InChI=1S/C14H12ClN5/c15-11-3-5-12(6-4-11)20-14(13(8-16)18-19-20)10-2-1-7-17-9-10/h1-7,9H,8,16H2. The average molecular weight is 286 g/mol. The van der Waals surface area contributed by atoms with E-state index in [1.807, 2.05) is 36.4 Å². The minimum Gasteiger partial charge on any atom is -0.325 e. The summed E-state index contributed by atoms with van der Waals surface area (Å²) in [6.45, 7) is 0.317. The van der Waals surface area contributed by atoms with Gasteiger partial charge in [0.15, 0.2) is 0 Å². The number of hydrogen-bond acceptors (Lipinski definition) is 4. The number of pyridine rings is 1. The highest BCUT2D eigenvalue weighted by Crippen LogP contribution is 2.24. The van der Waals surface area contributed by atoms with Crippen molar-refractivity contribution in [2.45, 2.75) is 6.54 Å². The summed E-state index contributed by atoms with van der Waals surface area (Å²) >= 11 is 5.91. The van der Waals surface area contributed by atoms with Gasteiger partial charge in [0.2, 0.25) is 0 Å². The molecule has 6 heteroatoms. The maximum atomic E-state index is 5.91. The monoisotopic (exact) mass is 285 g/mol. The van der Waals surface area contributed by atoms with Crippen LogP contribution in [-0.4, -0.2) is 20.0 Å². The molecule has 0 fully saturated rings. The molecule has 0 spiro atoms. The molecule has 0 saturated heterocycles. The SMILES string of the molecule is NCc1nnn(-c2ccc(Cl)cc2)c1-c1cccnc1. The molecule has 3 aromatic rings. The molecule has 0 unspecified atom stereocenters. The molecular weight excluding hydrogens is 274 g/mol. The molecule has 0 amide bonds. The Morgan fingerprint density at radius 1 is 1.15 bits per heavy atom. The predicted molar refractivity (Wildman–Crippen MR) is 77.5 cm³/mol. The Kier molecular flexibility index (Phi) is 3.45. The van der Waals surface area contributed by atoms with Gasteiger partial charge in [0.25, 0.3) is 0 Å². The lowest BCUT2D eigenvalue weighted by Gasteiger charge is -2.07. The van der Waals surface area contributed by atoms with Crippen molar-refractivity contribution in [1.82, 2.24) is 20.0 Å². The first kappa shape index (κ1) is 12.8. The average Bonchev–Trinajstić information content (AvgIpc) is 2.93. The lowest BCUT2D eigenvalue weighted by molar-refractivity contribution is 0.800. The summed E-state index contributed by atoms with van der Waals surface area (Å²) in [5.41, 5.74) is 9.13. The van der Waals surface area contributed by atoms with Crippen molar-refractivity contribution in [2.24, 2.45) is 5.73 Å². The molecular formula is C14H12ClN5. The summed E-state index contributed by atoms with van der Waals surface area (Å²) in [5, 5.41) is 8.99. The van der Waals surface area contributed by atoms with Gasteiger partial charge in [-0.15, -0.1) is 5.10 Å². The van der Waals surface area contributed by atoms with Crippen molar-refractivity contribution in [3.8, 4) is 16.9 Å². The van der Waals surface area contributed by atoms with Crippen molar-refractivity contribution in [3.63, 3.8) is 0 Å². The molecule has 0 radical (unpaired) electrons. The molecule has 0 aliphatic carbocycles. The summed E-state index contributed by atoms with van der Waals surface area (Å²) in [7, 11) is 0. The summed E-state index contributed by atoms with van der Waals surface area (Å²) in [4.78, 5) is 4.13. The maximum Gasteiger partial charge on any atom is 0.105 e. The first-order chi connectivity index (χ1) is 9.79. The van der Waals surface area contributed by atoms with E-state index in [1.165, 1.54) is 0 Å². The van der Waals surface area contributed by atoms with Crippen molar-refractivity contribution < 1.29 is 0 Å². The number of nitrogens with two attached hydrogens (primary N) is 1. The van der Waals surface area contributed by atoms with Gasteiger partial charge >= 0.3 is 0 Å². The third-order valence-electron chi connectivity index (χ3n) is 2.94. The van der Waals surface area contributed by atoms with E-state index in [4.69, 9.17) is 17.3 Å². The summed E-state index contributed by atoms with van der Waals surface area (Å²) in [6, 6.07) is 11.2. The highest BCUT2D eigenvalue weighted by atomic mass is 35.5. The van der Waals surface area contributed by atoms with Crippen LogP contribution in [0.1, 0.15) is 5.69 Å². The Hall–Kier alpha value is -2.24. The molecule has 0 atom stereocenters. The van der Waals surface area contributed by atoms with E-state index in [-0.39, 0.29) is 0 Å². The van der Waals surface area contributed by atoms with Gasteiger partial charge in [0.1, 0.15) is 11.4 Å². The minimum atomic E-state index is 0.317. The topological polar surface area (TPSA) is 69.6 Å². The van der Waals surface area contributed by atoms with Crippen LogP contribution in [0.5, 0.6) is 0 Å². The van der Waals surface area contributed by atoms with Crippen LogP contribution in [0.2, 0.25) is 5.02 Å². The summed E-state index contributed by atoms with van der Waals surface area (Å²) in [5.74, 6) is 0. The second-order valence-corrected chi connectivity index (χ2v) is 4.66. The number of rotatable bonds is 3. The fourth-order valence-corrected chi connectivity index (χ4v) is 2.13. The number of aromatic nitrogens is 4. The van der Waals surface area contributed by atoms with Gasteiger partial charge in [0, 0.05) is 29.5 Å². The van der Waals surface area contributed by atoms with Gasteiger partial charge in [-0.25, -0.2) is 4.68 Å². The van der Waals surface area contributed by atoms with Gasteiger partial charge in [-0.1, -0.05) is 16.8 Å². The lowest BCUT2D eigenvalue weighted by atomic mass is 10.1. The fraction of sp³-hybridized carbons (Fsp3) is 0.0714. The first-order valence-electron chi connectivity index (χ1n) is 6.10. The van der Waals surface area contributed by atoms with Gasteiger partial charge in [-0.05, 0) is 36.4 Å². The zero-order chi connectivity index (χ0) is 13.9. The molecule has 1 aromatic carbocycles. The highest BCUT2D eigenvalue weighted by Gasteiger charge is 2.15. The molecule has 0 aliphatic heterocycles. The van der Waals surface area contributed by atoms with E-state index < -0.39 is 0 Å². The van der Waals surface area contributed by atoms with Crippen LogP contribution < -0.4 is 5.73 Å². The van der Waals surface area contributed by atoms with E-state index in [9.17, 15) is 0 Å². The molecule has 100 valence electrons. The zero-order valence-corrected chi connectivity index (χ0v) is 11.3. The molecule has 3 rings (SSSR count). The van der Waals surface area contributed by atoms with Gasteiger partial charge in [-0.2, -0.15) is 0 Å². The van der Waals surface area contributed by atoms with E-state index in [0.717, 1.165) is 22.6 Å². The van der Waals surface area contributed by atoms with Crippen molar-refractivity contribution in [1.29, 1.82) is 0 Å². The van der Waals surface area contributed by atoms with Crippen LogP contribution in [0.3, 0.4) is 0 Å². The Labute approximate surface area is 121 Å². The van der Waals surface area contributed by atoms with E-state index in [2.05, 4.69) is 15.3 Å². The van der Waals surface area contributed by atoms with Crippen molar-refractivity contribution in [2.75, 3.05) is 0 Å². The van der Waals surface area contributed by atoms with Crippen molar-refractivity contribution >= 4 is 11.6 Å². The highest BCUT2D eigenvalue weighted by molar-refractivity contribution is 6.30. The molecule has 5 nitrogen and oxygen atoms in total. The second kappa shape index (κ2) is 5.40. The largest absolute Gasteiger partial charge is 0.325 e. The van der Waals surface area contributed by atoms with Crippen LogP contribution in [0.15, 0.2) is 48.8 Å². The molecule has 2 N–H and O–H groups in total. The van der Waals surface area contributed by atoms with E-state index >= 15 is 0 Å². The van der Waals surface area contributed by atoms with Crippen LogP contribution in [0, 0.1) is 0 Å². The van der Waals surface area contributed by atoms with Crippen LogP contribution in [-0.2, 0) is 6.54 Å². The Morgan fingerprint density at radius 2 is 1.95 bits per heavy atom. The summed E-state index contributed by atoms with van der Waals surface area (Å²) < 4.78 is 1.75. The lowest BCUT2D eigenvalue weighted by Crippen LogP contribution is -2.02. The molecule has 0 saturated carbocycles. The normalized spacial score (nSPS) is 10.7. The zero-order valence-electron chi connectivity index (χ0n) is 10.6. The first-order valence-corrected chi connectivity index (χ1v) is 6.48. The number of nitrogens with zero attached hydrogens (tertiary/aromatic N) is 4. The van der Waals surface area contributed by atoms with Gasteiger partial charge < -0.3 is 5.73 Å². The molecule has 0 bridgehead atoms. The van der Waals surface area contributed by atoms with Crippen LogP contribution in [0.4, 0.5) is 0 Å². The fourth-order valence-electron chi connectivity index (χ4n) is 2.01. The Bertz CT molecular complexity index is 706. The third kappa shape index (κ3) is 2.29. The summed E-state index contributed by atoms with van der Waals surface area (Å²) in [6.07, 6.45) is 3.49. The number of benzene rings is 1.